The predicted molar refractivity (Wildman–Crippen MR) is 76.0 cm³/mol. The maximum absolute atomic E-state index is 11.7. The van der Waals surface area contributed by atoms with Gasteiger partial charge in [0.2, 0.25) is 0 Å². The number of aromatic amines is 1. The molecule has 116 valence electrons. The van der Waals surface area contributed by atoms with E-state index in [1.54, 1.807) is 0 Å². The first kappa shape index (κ1) is 14.5. The zero-order valence-electron chi connectivity index (χ0n) is 12.3. The lowest BCUT2D eigenvalue weighted by atomic mass is 9.95. The lowest BCUT2D eigenvalue weighted by Crippen LogP contribution is -2.61. The van der Waals surface area contributed by atoms with Crippen LogP contribution in [0.15, 0.2) is 6.20 Å². The summed E-state index contributed by atoms with van der Waals surface area (Å²) in [4.78, 5) is 16.1. The second kappa shape index (κ2) is 5.75. The van der Waals surface area contributed by atoms with Gasteiger partial charge in [0.1, 0.15) is 5.54 Å². The van der Waals surface area contributed by atoms with Gasteiger partial charge in [-0.2, -0.15) is 5.10 Å². The number of nitrogens with zero attached hydrogens (tertiary/aromatic N) is 3. The van der Waals surface area contributed by atoms with E-state index in [9.17, 15) is 9.90 Å². The minimum absolute atomic E-state index is 0.308. The Labute approximate surface area is 123 Å². The first-order valence-corrected chi connectivity index (χ1v) is 7.39. The standard InChI is InChI=1S/C14H22N4O3/c1-11-8-15-16-12(11)9-17-3-5-18(6-4-17)14(13(19)20)2-7-21-10-14/h8H,2-7,9-10H2,1H3,(H,15,16)(H,19,20). The van der Waals surface area contributed by atoms with Crippen molar-refractivity contribution in [2.24, 2.45) is 0 Å². The molecule has 0 amide bonds. The Kier molecular flexibility index (Phi) is 3.97. The largest absolute Gasteiger partial charge is 0.480 e. The Balaban J connectivity index is 1.60. The average molecular weight is 294 g/mol. The van der Waals surface area contributed by atoms with Gasteiger partial charge in [-0.25, -0.2) is 0 Å². The molecule has 21 heavy (non-hydrogen) atoms. The first-order valence-electron chi connectivity index (χ1n) is 7.39. The van der Waals surface area contributed by atoms with Gasteiger partial charge in [0.05, 0.1) is 18.5 Å². The van der Waals surface area contributed by atoms with Gasteiger partial charge in [-0.3, -0.25) is 19.7 Å². The maximum atomic E-state index is 11.7. The molecule has 0 bridgehead atoms. The topological polar surface area (TPSA) is 81.7 Å². The van der Waals surface area contributed by atoms with E-state index in [1.165, 1.54) is 5.56 Å². The highest BCUT2D eigenvalue weighted by Gasteiger charge is 2.48. The zero-order valence-corrected chi connectivity index (χ0v) is 12.3. The summed E-state index contributed by atoms with van der Waals surface area (Å²) in [6.45, 7) is 7.01. The van der Waals surface area contributed by atoms with Crippen molar-refractivity contribution in [3.05, 3.63) is 17.5 Å². The molecule has 2 aliphatic heterocycles. The summed E-state index contributed by atoms with van der Waals surface area (Å²) >= 11 is 0. The van der Waals surface area contributed by atoms with Gasteiger partial charge in [0.25, 0.3) is 0 Å². The Morgan fingerprint density at radius 1 is 1.48 bits per heavy atom. The van der Waals surface area contributed by atoms with Crippen molar-refractivity contribution >= 4 is 5.97 Å². The van der Waals surface area contributed by atoms with E-state index in [0.717, 1.165) is 38.4 Å². The summed E-state index contributed by atoms with van der Waals surface area (Å²) in [5, 5.41) is 16.6. The molecule has 0 spiro atoms. The van der Waals surface area contributed by atoms with Gasteiger partial charge >= 0.3 is 5.97 Å². The van der Waals surface area contributed by atoms with Crippen molar-refractivity contribution in [1.29, 1.82) is 0 Å². The number of carbonyl (C=O) groups is 1. The van der Waals surface area contributed by atoms with Crippen LogP contribution in [-0.4, -0.2) is 76.0 Å². The Bertz CT molecular complexity index is 502. The van der Waals surface area contributed by atoms with Crippen molar-refractivity contribution in [2.75, 3.05) is 39.4 Å². The smallest absolute Gasteiger partial charge is 0.326 e. The normalized spacial score (nSPS) is 28.0. The third-order valence-corrected chi connectivity index (χ3v) is 4.69. The SMILES string of the molecule is Cc1cn[nH]c1CN1CCN(C2(C(=O)O)CCOC2)CC1. The van der Waals surface area contributed by atoms with Gasteiger partial charge in [0, 0.05) is 45.8 Å². The van der Waals surface area contributed by atoms with E-state index in [-0.39, 0.29) is 0 Å². The molecule has 2 aliphatic rings. The number of aromatic nitrogens is 2. The molecule has 7 nitrogen and oxygen atoms in total. The molecule has 0 saturated carbocycles. The fourth-order valence-electron chi connectivity index (χ4n) is 3.20. The molecule has 0 aromatic carbocycles. The van der Waals surface area contributed by atoms with Crippen LogP contribution in [0.4, 0.5) is 0 Å². The van der Waals surface area contributed by atoms with Crippen molar-refractivity contribution in [2.45, 2.75) is 25.4 Å². The fraction of sp³-hybridized carbons (Fsp3) is 0.714. The molecule has 2 saturated heterocycles. The van der Waals surface area contributed by atoms with Crippen LogP contribution in [0, 0.1) is 6.92 Å². The van der Waals surface area contributed by atoms with Crippen LogP contribution in [-0.2, 0) is 16.1 Å². The van der Waals surface area contributed by atoms with Crippen LogP contribution in [0.5, 0.6) is 0 Å². The lowest BCUT2D eigenvalue weighted by Gasteiger charge is -2.42. The second-order valence-electron chi connectivity index (χ2n) is 5.93. The Morgan fingerprint density at radius 2 is 2.24 bits per heavy atom. The summed E-state index contributed by atoms with van der Waals surface area (Å²) < 4.78 is 5.35. The summed E-state index contributed by atoms with van der Waals surface area (Å²) in [6, 6.07) is 0. The van der Waals surface area contributed by atoms with Crippen molar-refractivity contribution < 1.29 is 14.6 Å². The minimum Gasteiger partial charge on any atom is -0.480 e. The average Bonchev–Trinajstić information content (AvgIpc) is 3.11. The van der Waals surface area contributed by atoms with Gasteiger partial charge < -0.3 is 9.84 Å². The zero-order chi connectivity index (χ0) is 14.9. The molecule has 0 radical (unpaired) electrons. The molecule has 2 fully saturated rings. The third kappa shape index (κ3) is 2.68. The van der Waals surface area contributed by atoms with Crippen LogP contribution in [0.3, 0.4) is 0 Å². The van der Waals surface area contributed by atoms with Crippen LogP contribution < -0.4 is 0 Å². The molecule has 1 aromatic heterocycles. The highest BCUT2D eigenvalue weighted by atomic mass is 16.5. The fourth-order valence-corrected chi connectivity index (χ4v) is 3.20. The number of hydrogen-bond acceptors (Lipinski definition) is 5. The highest BCUT2D eigenvalue weighted by Crippen LogP contribution is 2.28. The minimum atomic E-state index is -0.810. The van der Waals surface area contributed by atoms with Crippen LogP contribution in [0.1, 0.15) is 17.7 Å². The maximum Gasteiger partial charge on any atom is 0.326 e. The molecule has 3 rings (SSSR count). The van der Waals surface area contributed by atoms with Crippen LogP contribution in [0.25, 0.3) is 0 Å². The van der Waals surface area contributed by atoms with Crippen molar-refractivity contribution in [1.82, 2.24) is 20.0 Å². The summed E-state index contributed by atoms with van der Waals surface area (Å²) in [5.74, 6) is -0.752. The van der Waals surface area contributed by atoms with E-state index in [1.807, 2.05) is 13.1 Å². The number of ether oxygens (including phenoxy) is 1. The predicted octanol–water partition coefficient (Wildman–Crippen LogP) is 0.0794. The number of carboxylic acids is 1. The quantitative estimate of drug-likeness (QED) is 0.818. The summed E-state index contributed by atoms with van der Waals surface area (Å²) in [5.41, 5.74) is 1.50. The Hall–Kier alpha value is -1.44. The second-order valence-corrected chi connectivity index (χ2v) is 5.93. The number of nitrogens with one attached hydrogen (secondary N) is 1. The molecular formula is C14H22N4O3. The lowest BCUT2D eigenvalue weighted by molar-refractivity contribution is -0.153. The van der Waals surface area contributed by atoms with Crippen LogP contribution >= 0.6 is 0 Å². The van der Waals surface area contributed by atoms with Gasteiger partial charge in [-0.05, 0) is 12.5 Å². The molecule has 3 heterocycles. The molecule has 7 heteroatoms. The van der Waals surface area contributed by atoms with Gasteiger partial charge in [-0.15, -0.1) is 0 Å². The number of piperazine rings is 1. The highest BCUT2D eigenvalue weighted by molar-refractivity contribution is 5.79. The number of rotatable bonds is 4. The monoisotopic (exact) mass is 294 g/mol. The van der Waals surface area contributed by atoms with E-state index >= 15 is 0 Å². The molecule has 1 atom stereocenters. The summed E-state index contributed by atoms with van der Waals surface area (Å²) in [7, 11) is 0. The van der Waals surface area contributed by atoms with E-state index in [2.05, 4.69) is 20.0 Å². The van der Waals surface area contributed by atoms with Gasteiger partial charge in [0.15, 0.2) is 0 Å². The van der Waals surface area contributed by atoms with E-state index in [0.29, 0.717) is 19.6 Å². The molecule has 1 aromatic rings. The molecule has 2 N–H and O–H groups in total. The van der Waals surface area contributed by atoms with Crippen molar-refractivity contribution in [3.8, 4) is 0 Å². The Morgan fingerprint density at radius 3 is 2.76 bits per heavy atom. The van der Waals surface area contributed by atoms with E-state index in [4.69, 9.17) is 4.74 Å². The number of aliphatic carboxylic acids is 1. The number of aryl methyl sites for hydroxylation is 1. The molecule has 0 aliphatic carbocycles. The van der Waals surface area contributed by atoms with Crippen LogP contribution in [0.2, 0.25) is 0 Å². The first-order chi connectivity index (χ1) is 10.1. The van der Waals surface area contributed by atoms with Gasteiger partial charge in [-0.1, -0.05) is 0 Å². The number of carboxylic acid groups (broad SMARTS) is 1. The summed E-state index contributed by atoms with van der Waals surface area (Å²) in [6.07, 6.45) is 2.42. The number of H-pyrrole nitrogens is 1. The molecule has 1 unspecified atom stereocenters. The number of hydrogen-bond donors (Lipinski definition) is 2. The molecular weight excluding hydrogens is 272 g/mol. The van der Waals surface area contributed by atoms with E-state index < -0.39 is 11.5 Å². The van der Waals surface area contributed by atoms with Crippen molar-refractivity contribution in [3.63, 3.8) is 0 Å². The third-order valence-electron chi connectivity index (χ3n) is 4.69.